The first-order valence-corrected chi connectivity index (χ1v) is 6.12. The van der Waals surface area contributed by atoms with Gasteiger partial charge in [-0.25, -0.2) is 9.59 Å². The minimum atomic E-state index is -0.482. The van der Waals surface area contributed by atoms with Gasteiger partial charge in [-0.2, -0.15) is 0 Å². The largest absolute Gasteiger partial charge is 0.465 e. The average molecular weight is 260 g/mol. The second-order valence-corrected chi connectivity index (χ2v) is 4.33. The number of rotatable bonds is 4. The summed E-state index contributed by atoms with van der Waals surface area (Å²) in [5.41, 5.74) is 0.748. The van der Waals surface area contributed by atoms with Gasteiger partial charge in [0.2, 0.25) is 0 Å². The Labute approximate surface area is 111 Å². The van der Waals surface area contributed by atoms with E-state index in [-0.39, 0.29) is 6.03 Å². The molecule has 1 aliphatic carbocycles. The van der Waals surface area contributed by atoms with Crippen LogP contribution in [0.5, 0.6) is 0 Å². The summed E-state index contributed by atoms with van der Waals surface area (Å²) in [5, 5.41) is 5.22. The van der Waals surface area contributed by atoms with Crippen molar-refractivity contribution in [1.82, 2.24) is 5.32 Å². The molecule has 1 aromatic carbocycles. The Balaban J connectivity index is 1.97. The van der Waals surface area contributed by atoms with Crippen LogP contribution in [0.1, 0.15) is 23.2 Å². The smallest absolute Gasteiger partial charge is 0.339 e. The van der Waals surface area contributed by atoms with Crippen LogP contribution in [0, 0.1) is 5.92 Å². The molecule has 0 aliphatic heterocycles. The van der Waals surface area contributed by atoms with E-state index in [0.717, 1.165) is 0 Å². The maximum Gasteiger partial charge on any atom is 0.339 e. The number of carbonyl (C=O) groups excluding carboxylic acids is 2. The lowest BCUT2D eigenvalue weighted by Crippen LogP contribution is -2.25. The Hall–Kier alpha value is -2.30. The minimum Gasteiger partial charge on any atom is -0.465 e. The SMILES string of the molecule is COC(=O)c1ccccc1NC(=O)N/C=C/C1CC1. The molecule has 19 heavy (non-hydrogen) atoms. The molecule has 0 unspecified atom stereocenters. The summed E-state index contributed by atoms with van der Waals surface area (Å²) in [6, 6.07) is 6.32. The van der Waals surface area contributed by atoms with Crippen LogP contribution in [0.3, 0.4) is 0 Å². The van der Waals surface area contributed by atoms with Crippen LogP contribution in [0.15, 0.2) is 36.5 Å². The van der Waals surface area contributed by atoms with Crippen LogP contribution >= 0.6 is 0 Å². The molecule has 0 spiro atoms. The van der Waals surface area contributed by atoms with Gasteiger partial charge in [0.1, 0.15) is 0 Å². The predicted octanol–water partition coefficient (Wildman–Crippen LogP) is 2.52. The summed E-state index contributed by atoms with van der Waals surface area (Å²) in [7, 11) is 1.30. The summed E-state index contributed by atoms with van der Waals surface area (Å²) in [6.45, 7) is 0. The number of ether oxygens (including phenoxy) is 1. The van der Waals surface area contributed by atoms with E-state index in [2.05, 4.69) is 15.4 Å². The molecule has 0 saturated heterocycles. The third-order valence-corrected chi connectivity index (χ3v) is 2.79. The zero-order valence-corrected chi connectivity index (χ0v) is 10.7. The second kappa shape index (κ2) is 6.04. The summed E-state index contributed by atoms with van der Waals surface area (Å²) in [6.07, 6.45) is 5.97. The average Bonchev–Trinajstić information content (AvgIpc) is 3.22. The maximum absolute atomic E-state index is 11.7. The molecule has 100 valence electrons. The molecule has 1 aromatic rings. The van der Waals surface area contributed by atoms with Gasteiger partial charge in [-0.15, -0.1) is 0 Å². The number of hydrogen-bond acceptors (Lipinski definition) is 3. The summed E-state index contributed by atoms with van der Waals surface area (Å²) in [4.78, 5) is 23.2. The Morgan fingerprint density at radius 1 is 1.32 bits per heavy atom. The molecule has 0 radical (unpaired) electrons. The van der Waals surface area contributed by atoms with E-state index >= 15 is 0 Å². The van der Waals surface area contributed by atoms with Gasteiger partial charge in [-0.3, -0.25) is 0 Å². The zero-order chi connectivity index (χ0) is 13.7. The lowest BCUT2D eigenvalue weighted by atomic mass is 10.2. The first kappa shape index (κ1) is 13.1. The molecule has 5 nitrogen and oxygen atoms in total. The highest BCUT2D eigenvalue weighted by Gasteiger charge is 2.17. The fraction of sp³-hybridized carbons (Fsp3) is 0.286. The number of nitrogens with one attached hydrogen (secondary N) is 2. The van der Waals surface area contributed by atoms with Crippen molar-refractivity contribution in [2.24, 2.45) is 5.92 Å². The van der Waals surface area contributed by atoms with E-state index in [1.165, 1.54) is 20.0 Å². The van der Waals surface area contributed by atoms with Gasteiger partial charge in [0.05, 0.1) is 18.4 Å². The molecule has 0 bridgehead atoms. The van der Waals surface area contributed by atoms with Crippen LogP contribution in [0.25, 0.3) is 0 Å². The van der Waals surface area contributed by atoms with E-state index in [0.29, 0.717) is 17.2 Å². The Morgan fingerprint density at radius 3 is 2.74 bits per heavy atom. The maximum atomic E-state index is 11.7. The highest BCUT2D eigenvalue weighted by atomic mass is 16.5. The number of methoxy groups -OCH3 is 1. The molecule has 1 aliphatic rings. The zero-order valence-electron chi connectivity index (χ0n) is 10.7. The van der Waals surface area contributed by atoms with Gasteiger partial charge in [0, 0.05) is 6.20 Å². The first-order chi connectivity index (χ1) is 9.20. The van der Waals surface area contributed by atoms with Gasteiger partial charge >= 0.3 is 12.0 Å². The molecule has 0 atom stereocenters. The number of esters is 1. The Morgan fingerprint density at radius 2 is 2.05 bits per heavy atom. The van der Waals surface area contributed by atoms with Gasteiger partial charge in [-0.05, 0) is 30.9 Å². The van der Waals surface area contributed by atoms with Crippen LogP contribution in [-0.4, -0.2) is 19.1 Å². The standard InChI is InChI=1S/C14H16N2O3/c1-19-13(17)11-4-2-3-5-12(11)16-14(18)15-9-8-10-6-7-10/h2-5,8-10H,6-7H2,1H3,(H2,15,16,18)/b9-8+. The fourth-order valence-electron chi connectivity index (χ4n) is 1.59. The normalized spacial score (nSPS) is 14.2. The first-order valence-electron chi connectivity index (χ1n) is 6.12. The molecule has 1 fully saturated rings. The van der Waals surface area contributed by atoms with E-state index < -0.39 is 5.97 Å². The van der Waals surface area contributed by atoms with Gasteiger partial charge in [0.25, 0.3) is 0 Å². The van der Waals surface area contributed by atoms with E-state index in [4.69, 9.17) is 0 Å². The monoisotopic (exact) mass is 260 g/mol. The molecule has 2 rings (SSSR count). The van der Waals surface area contributed by atoms with Crippen molar-refractivity contribution in [3.8, 4) is 0 Å². The molecule has 0 heterocycles. The molecule has 5 heteroatoms. The Kier molecular flexibility index (Phi) is 4.18. The second-order valence-electron chi connectivity index (χ2n) is 4.33. The number of carbonyl (C=O) groups is 2. The molecule has 0 aromatic heterocycles. The van der Waals surface area contributed by atoms with E-state index in [1.807, 2.05) is 6.08 Å². The van der Waals surface area contributed by atoms with E-state index in [9.17, 15) is 9.59 Å². The minimum absolute atomic E-state index is 0.325. The number of benzene rings is 1. The van der Waals surface area contributed by atoms with Crippen molar-refractivity contribution < 1.29 is 14.3 Å². The number of hydrogen-bond donors (Lipinski definition) is 2. The fourth-order valence-corrected chi connectivity index (χ4v) is 1.59. The lowest BCUT2D eigenvalue weighted by molar-refractivity contribution is 0.0602. The van der Waals surface area contributed by atoms with E-state index in [1.54, 1.807) is 30.5 Å². The molecule has 2 amide bonds. The quantitative estimate of drug-likeness (QED) is 0.817. The summed E-state index contributed by atoms with van der Waals surface area (Å²) in [5.74, 6) is 0.118. The lowest BCUT2D eigenvalue weighted by Gasteiger charge is -2.08. The third kappa shape index (κ3) is 3.84. The van der Waals surface area contributed by atoms with Crippen LogP contribution in [-0.2, 0) is 4.74 Å². The van der Waals surface area contributed by atoms with Crippen LogP contribution < -0.4 is 10.6 Å². The third-order valence-electron chi connectivity index (χ3n) is 2.79. The number of para-hydroxylation sites is 1. The van der Waals surface area contributed by atoms with Crippen LogP contribution in [0.4, 0.5) is 10.5 Å². The number of allylic oxidation sites excluding steroid dienone is 1. The van der Waals surface area contributed by atoms with Crippen molar-refractivity contribution in [3.05, 3.63) is 42.1 Å². The van der Waals surface area contributed by atoms with Crippen molar-refractivity contribution in [2.75, 3.05) is 12.4 Å². The van der Waals surface area contributed by atoms with Crippen molar-refractivity contribution in [3.63, 3.8) is 0 Å². The molecular formula is C14H16N2O3. The van der Waals surface area contributed by atoms with Crippen molar-refractivity contribution >= 4 is 17.7 Å². The molecule has 2 N–H and O–H groups in total. The predicted molar refractivity (Wildman–Crippen MR) is 71.8 cm³/mol. The number of amides is 2. The topological polar surface area (TPSA) is 67.4 Å². The van der Waals surface area contributed by atoms with Gasteiger partial charge < -0.3 is 15.4 Å². The summed E-state index contributed by atoms with van der Waals surface area (Å²) >= 11 is 0. The molecule has 1 saturated carbocycles. The van der Waals surface area contributed by atoms with Crippen molar-refractivity contribution in [2.45, 2.75) is 12.8 Å². The highest BCUT2D eigenvalue weighted by molar-refractivity contribution is 6.00. The summed E-state index contributed by atoms with van der Waals surface area (Å²) < 4.78 is 4.65. The van der Waals surface area contributed by atoms with Gasteiger partial charge in [-0.1, -0.05) is 18.2 Å². The Bertz CT molecular complexity index is 507. The van der Waals surface area contributed by atoms with Crippen molar-refractivity contribution in [1.29, 1.82) is 0 Å². The number of urea groups is 1. The number of anilines is 1. The van der Waals surface area contributed by atoms with Crippen LogP contribution in [0.2, 0.25) is 0 Å². The highest BCUT2D eigenvalue weighted by Crippen LogP contribution is 2.29. The molecular weight excluding hydrogens is 244 g/mol. The van der Waals surface area contributed by atoms with Gasteiger partial charge in [0.15, 0.2) is 0 Å².